The molecule has 0 bridgehead atoms. The summed E-state index contributed by atoms with van der Waals surface area (Å²) in [6.07, 6.45) is 0. The van der Waals surface area contributed by atoms with E-state index in [1.807, 2.05) is 19.9 Å². The number of hydrogen-bond donors (Lipinski definition) is 1. The molecule has 3 nitrogen and oxygen atoms in total. The van der Waals surface area contributed by atoms with Crippen LogP contribution in [0, 0.1) is 12.7 Å². The molecule has 1 aromatic heterocycles. The van der Waals surface area contributed by atoms with E-state index in [1.54, 1.807) is 18.2 Å². The summed E-state index contributed by atoms with van der Waals surface area (Å²) in [5.74, 6) is 1.59. The molecule has 0 aliphatic rings. The summed E-state index contributed by atoms with van der Waals surface area (Å²) < 4.78 is 24.5. The number of rotatable bonds is 6. The Balaban J connectivity index is 1.99. The van der Waals surface area contributed by atoms with E-state index in [0.29, 0.717) is 13.2 Å². The highest BCUT2D eigenvalue weighted by molar-refractivity contribution is 5.25. The Morgan fingerprint density at radius 1 is 1.32 bits per heavy atom. The SMILES string of the molecule is CCNCc1cc(COc2ccccc2F)c(C)o1. The summed E-state index contributed by atoms with van der Waals surface area (Å²) in [5.41, 5.74) is 0.941. The van der Waals surface area contributed by atoms with Gasteiger partial charge in [0.1, 0.15) is 18.1 Å². The Bertz CT molecular complexity index is 537. The first-order valence-corrected chi connectivity index (χ1v) is 6.37. The van der Waals surface area contributed by atoms with Crippen molar-refractivity contribution in [3.63, 3.8) is 0 Å². The number of benzene rings is 1. The molecular formula is C15H18FNO2. The number of nitrogens with one attached hydrogen (secondary N) is 1. The second-order valence-corrected chi connectivity index (χ2v) is 4.29. The maximum atomic E-state index is 13.4. The van der Waals surface area contributed by atoms with Crippen LogP contribution < -0.4 is 10.1 Å². The molecule has 102 valence electrons. The third kappa shape index (κ3) is 3.58. The lowest BCUT2D eigenvalue weighted by atomic mass is 10.2. The number of ether oxygens (including phenoxy) is 1. The van der Waals surface area contributed by atoms with Crippen LogP contribution in [0.2, 0.25) is 0 Å². The van der Waals surface area contributed by atoms with Gasteiger partial charge in [-0.1, -0.05) is 19.1 Å². The first-order valence-electron chi connectivity index (χ1n) is 6.37. The fourth-order valence-electron chi connectivity index (χ4n) is 1.78. The Hall–Kier alpha value is -1.81. The standard InChI is InChI=1S/C15H18FNO2/c1-3-17-9-13-8-12(11(2)19-13)10-18-15-7-5-4-6-14(15)16/h4-8,17H,3,9-10H2,1-2H3. The maximum Gasteiger partial charge on any atom is 0.165 e. The van der Waals surface area contributed by atoms with Crippen molar-refractivity contribution in [1.29, 1.82) is 0 Å². The van der Waals surface area contributed by atoms with Crippen molar-refractivity contribution in [2.75, 3.05) is 6.54 Å². The lowest BCUT2D eigenvalue weighted by molar-refractivity contribution is 0.287. The fourth-order valence-corrected chi connectivity index (χ4v) is 1.78. The molecule has 0 fully saturated rings. The van der Waals surface area contributed by atoms with Crippen molar-refractivity contribution in [2.24, 2.45) is 0 Å². The molecule has 0 spiro atoms. The quantitative estimate of drug-likeness (QED) is 0.867. The smallest absolute Gasteiger partial charge is 0.165 e. The lowest BCUT2D eigenvalue weighted by Gasteiger charge is -2.05. The molecule has 0 saturated carbocycles. The van der Waals surface area contributed by atoms with Crippen LogP contribution in [0.1, 0.15) is 24.0 Å². The van der Waals surface area contributed by atoms with E-state index < -0.39 is 0 Å². The van der Waals surface area contributed by atoms with E-state index in [2.05, 4.69) is 5.32 Å². The predicted octanol–water partition coefficient (Wildman–Crippen LogP) is 3.42. The third-order valence-electron chi connectivity index (χ3n) is 2.84. The number of hydrogen-bond acceptors (Lipinski definition) is 3. The molecule has 1 heterocycles. The first kappa shape index (κ1) is 13.6. The second-order valence-electron chi connectivity index (χ2n) is 4.29. The Morgan fingerprint density at radius 3 is 2.84 bits per heavy atom. The summed E-state index contributed by atoms with van der Waals surface area (Å²) in [5, 5.41) is 3.19. The monoisotopic (exact) mass is 263 g/mol. The Kier molecular flexibility index (Phi) is 4.58. The topological polar surface area (TPSA) is 34.4 Å². The van der Waals surface area contributed by atoms with Gasteiger partial charge in [0.25, 0.3) is 0 Å². The summed E-state index contributed by atoms with van der Waals surface area (Å²) in [7, 11) is 0. The van der Waals surface area contributed by atoms with Crippen molar-refractivity contribution in [3.8, 4) is 5.75 Å². The van der Waals surface area contributed by atoms with Crippen LogP contribution in [-0.2, 0) is 13.2 Å². The van der Waals surface area contributed by atoms with E-state index in [4.69, 9.17) is 9.15 Å². The molecule has 0 atom stereocenters. The highest BCUT2D eigenvalue weighted by atomic mass is 19.1. The minimum atomic E-state index is -0.350. The maximum absolute atomic E-state index is 13.4. The molecular weight excluding hydrogens is 245 g/mol. The number of para-hydroxylation sites is 1. The summed E-state index contributed by atoms with van der Waals surface area (Å²) in [6, 6.07) is 8.33. The largest absolute Gasteiger partial charge is 0.486 e. The van der Waals surface area contributed by atoms with Gasteiger partial charge in [-0.3, -0.25) is 0 Å². The second kappa shape index (κ2) is 6.38. The van der Waals surface area contributed by atoms with Gasteiger partial charge in [0.15, 0.2) is 11.6 Å². The van der Waals surface area contributed by atoms with Crippen LogP contribution in [0.5, 0.6) is 5.75 Å². The summed E-state index contributed by atoms with van der Waals surface area (Å²) in [4.78, 5) is 0. The zero-order valence-corrected chi connectivity index (χ0v) is 11.2. The van der Waals surface area contributed by atoms with E-state index in [1.165, 1.54) is 6.07 Å². The van der Waals surface area contributed by atoms with Crippen LogP contribution in [0.4, 0.5) is 4.39 Å². The summed E-state index contributed by atoms with van der Waals surface area (Å²) in [6.45, 7) is 5.81. The van der Waals surface area contributed by atoms with Gasteiger partial charge in [-0.2, -0.15) is 0 Å². The van der Waals surface area contributed by atoms with Gasteiger partial charge in [-0.05, 0) is 31.7 Å². The highest BCUT2D eigenvalue weighted by Gasteiger charge is 2.09. The molecule has 0 amide bonds. The average molecular weight is 263 g/mol. The lowest BCUT2D eigenvalue weighted by Crippen LogP contribution is -2.10. The van der Waals surface area contributed by atoms with Crippen LogP contribution in [0.15, 0.2) is 34.7 Å². The van der Waals surface area contributed by atoms with Crippen molar-refractivity contribution in [2.45, 2.75) is 27.0 Å². The van der Waals surface area contributed by atoms with Gasteiger partial charge >= 0.3 is 0 Å². The van der Waals surface area contributed by atoms with E-state index >= 15 is 0 Å². The van der Waals surface area contributed by atoms with E-state index in [-0.39, 0.29) is 11.6 Å². The molecule has 0 saturated heterocycles. The van der Waals surface area contributed by atoms with Gasteiger partial charge in [0.2, 0.25) is 0 Å². The molecule has 0 radical (unpaired) electrons. The normalized spacial score (nSPS) is 10.7. The Morgan fingerprint density at radius 2 is 2.11 bits per heavy atom. The minimum Gasteiger partial charge on any atom is -0.486 e. The van der Waals surface area contributed by atoms with Crippen LogP contribution >= 0.6 is 0 Å². The van der Waals surface area contributed by atoms with Gasteiger partial charge in [-0.25, -0.2) is 4.39 Å². The average Bonchev–Trinajstić information content (AvgIpc) is 2.76. The van der Waals surface area contributed by atoms with Crippen LogP contribution in [-0.4, -0.2) is 6.54 Å². The molecule has 2 aromatic rings. The molecule has 0 aliphatic carbocycles. The molecule has 4 heteroatoms. The van der Waals surface area contributed by atoms with E-state index in [9.17, 15) is 4.39 Å². The molecule has 2 rings (SSSR count). The van der Waals surface area contributed by atoms with Crippen molar-refractivity contribution in [1.82, 2.24) is 5.32 Å². The van der Waals surface area contributed by atoms with Crippen LogP contribution in [0.3, 0.4) is 0 Å². The first-order chi connectivity index (χ1) is 9.20. The number of aryl methyl sites for hydroxylation is 1. The molecule has 0 aliphatic heterocycles. The molecule has 0 unspecified atom stereocenters. The van der Waals surface area contributed by atoms with Gasteiger partial charge in [0.05, 0.1) is 6.54 Å². The van der Waals surface area contributed by atoms with Crippen molar-refractivity contribution >= 4 is 0 Å². The minimum absolute atomic E-state index is 0.260. The number of furan rings is 1. The van der Waals surface area contributed by atoms with Gasteiger partial charge in [0, 0.05) is 5.56 Å². The predicted molar refractivity (Wildman–Crippen MR) is 71.6 cm³/mol. The highest BCUT2D eigenvalue weighted by Crippen LogP contribution is 2.20. The Labute approximate surface area is 112 Å². The van der Waals surface area contributed by atoms with Crippen molar-refractivity contribution < 1.29 is 13.5 Å². The zero-order valence-electron chi connectivity index (χ0n) is 11.2. The molecule has 1 aromatic carbocycles. The third-order valence-corrected chi connectivity index (χ3v) is 2.84. The van der Waals surface area contributed by atoms with Gasteiger partial charge in [-0.15, -0.1) is 0 Å². The fraction of sp³-hybridized carbons (Fsp3) is 0.333. The van der Waals surface area contributed by atoms with Crippen LogP contribution in [0.25, 0.3) is 0 Å². The molecule has 19 heavy (non-hydrogen) atoms. The van der Waals surface area contributed by atoms with Crippen molar-refractivity contribution in [3.05, 3.63) is 53.2 Å². The zero-order chi connectivity index (χ0) is 13.7. The van der Waals surface area contributed by atoms with E-state index in [0.717, 1.165) is 23.6 Å². The summed E-state index contributed by atoms with van der Waals surface area (Å²) >= 11 is 0. The van der Waals surface area contributed by atoms with Gasteiger partial charge < -0.3 is 14.5 Å². The molecule has 1 N–H and O–H groups in total. The number of halogens is 1.